The predicted molar refractivity (Wildman–Crippen MR) is 48.3 cm³/mol. The van der Waals surface area contributed by atoms with Gasteiger partial charge in [-0.05, 0) is 0 Å². The molecule has 1 aromatic rings. The first-order chi connectivity index (χ1) is 6.61. The van der Waals surface area contributed by atoms with Gasteiger partial charge >= 0.3 is 0 Å². The molecule has 0 unspecified atom stereocenters. The molecule has 1 rings (SSSR count). The Morgan fingerprint density at radius 3 is 2.64 bits per heavy atom. The summed E-state index contributed by atoms with van der Waals surface area (Å²) in [4.78, 5) is 3.55. The predicted octanol–water partition coefficient (Wildman–Crippen LogP) is 3.06. The lowest BCUT2D eigenvalue weighted by Crippen LogP contribution is -2.02. The SMILES string of the molecule is COc1ncc(F)c(C(F)F)c1CBr. The maximum atomic E-state index is 13.0. The topological polar surface area (TPSA) is 22.1 Å². The van der Waals surface area contributed by atoms with Crippen molar-refractivity contribution >= 4 is 15.9 Å². The van der Waals surface area contributed by atoms with E-state index in [2.05, 4.69) is 20.9 Å². The van der Waals surface area contributed by atoms with E-state index in [0.29, 0.717) is 0 Å². The molecular weight excluding hydrogens is 263 g/mol. The second-order valence-electron chi connectivity index (χ2n) is 2.44. The number of rotatable bonds is 3. The molecule has 6 heteroatoms. The summed E-state index contributed by atoms with van der Waals surface area (Å²) in [5, 5.41) is 0.0700. The second-order valence-corrected chi connectivity index (χ2v) is 3.00. The minimum atomic E-state index is -2.88. The van der Waals surface area contributed by atoms with Crippen LogP contribution in [0.2, 0.25) is 0 Å². The lowest BCUT2D eigenvalue weighted by atomic mass is 10.1. The zero-order valence-electron chi connectivity index (χ0n) is 7.23. The van der Waals surface area contributed by atoms with Crippen molar-refractivity contribution in [1.29, 1.82) is 0 Å². The molecule has 0 bridgehead atoms. The quantitative estimate of drug-likeness (QED) is 0.787. The molecule has 0 aliphatic carbocycles. The van der Waals surface area contributed by atoms with Crippen LogP contribution in [0.1, 0.15) is 17.6 Å². The molecule has 14 heavy (non-hydrogen) atoms. The molecule has 0 amide bonds. The summed E-state index contributed by atoms with van der Waals surface area (Å²) in [6.45, 7) is 0. The van der Waals surface area contributed by atoms with Gasteiger partial charge in [0.15, 0.2) is 5.82 Å². The average molecular weight is 270 g/mol. The summed E-state index contributed by atoms with van der Waals surface area (Å²) >= 11 is 2.98. The minimum Gasteiger partial charge on any atom is -0.481 e. The molecule has 0 aliphatic heterocycles. The maximum Gasteiger partial charge on any atom is 0.267 e. The summed E-state index contributed by atoms with van der Waals surface area (Å²) in [7, 11) is 1.29. The Labute approximate surface area is 87.2 Å². The highest BCUT2D eigenvalue weighted by atomic mass is 79.9. The third-order valence-corrected chi connectivity index (χ3v) is 2.24. The largest absolute Gasteiger partial charge is 0.481 e. The fourth-order valence-corrected chi connectivity index (χ4v) is 1.60. The molecule has 0 spiro atoms. The van der Waals surface area contributed by atoms with Crippen molar-refractivity contribution in [3.05, 3.63) is 23.1 Å². The van der Waals surface area contributed by atoms with Gasteiger partial charge in [0.05, 0.1) is 18.9 Å². The first kappa shape index (κ1) is 11.3. The van der Waals surface area contributed by atoms with Crippen LogP contribution < -0.4 is 4.74 Å². The lowest BCUT2D eigenvalue weighted by molar-refractivity contribution is 0.144. The molecule has 78 valence electrons. The number of hydrogen-bond donors (Lipinski definition) is 0. The Morgan fingerprint density at radius 1 is 1.57 bits per heavy atom. The van der Waals surface area contributed by atoms with Crippen molar-refractivity contribution in [2.75, 3.05) is 7.11 Å². The number of aromatic nitrogens is 1. The van der Waals surface area contributed by atoms with E-state index < -0.39 is 17.8 Å². The monoisotopic (exact) mass is 269 g/mol. The molecule has 2 nitrogen and oxygen atoms in total. The van der Waals surface area contributed by atoms with Crippen LogP contribution >= 0.6 is 15.9 Å². The van der Waals surface area contributed by atoms with Crippen molar-refractivity contribution in [3.63, 3.8) is 0 Å². The second kappa shape index (κ2) is 4.63. The van der Waals surface area contributed by atoms with E-state index in [1.165, 1.54) is 7.11 Å². The van der Waals surface area contributed by atoms with Crippen molar-refractivity contribution in [1.82, 2.24) is 4.98 Å². The van der Waals surface area contributed by atoms with Crippen molar-refractivity contribution in [2.45, 2.75) is 11.8 Å². The molecule has 0 N–H and O–H groups in total. The fraction of sp³-hybridized carbons (Fsp3) is 0.375. The number of hydrogen-bond acceptors (Lipinski definition) is 2. The third-order valence-electron chi connectivity index (χ3n) is 1.68. The average Bonchev–Trinajstić information content (AvgIpc) is 2.16. The molecular formula is C8H7BrF3NO. The van der Waals surface area contributed by atoms with Gasteiger partial charge in [-0.3, -0.25) is 0 Å². The van der Waals surface area contributed by atoms with Gasteiger partial charge < -0.3 is 4.74 Å². The summed E-state index contributed by atoms with van der Waals surface area (Å²) in [6, 6.07) is 0. The number of ether oxygens (including phenoxy) is 1. The maximum absolute atomic E-state index is 13.0. The summed E-state index contributed by atoms with van der Waals surface area (Å²) in [5.41, 5.74) is -0.615. The molecule has 1 heterocycles. The Morgan fingerprint density at radius 2 is 2.21 bits per heavy atom. The normalized spacial score (nSPS) is 10.7. The number of alkyl halides is 3. The summed E-state index contributed by atoms with van der Waals surface area (Å²) in [5.74, 6) is -1.01. The highest BCUT2D eigenvalue weighted by Gasteiger charge is 2.22. The summed E-state index contributed by atoms with van der Waals surface area (Å²) < 4.78 is 42.6. The van der Waals surface area contributed by atoms with Gasteiger partial charge in [0.25, 0.3) is 6.43 Å². The zero-order valence-corrected chi connectivity index (χ0v) is 8.82. The smallest absolute Gasteiger partial charge is 0.267 e. The number of nitrogens with zero attached hydrogens (tertiary/aromatic N) is 1. The molecule has 1 aromatic heterocycles. The minimum absolute atomic E-state index is 0.0126. The van der Waals surface area contributed by atoms with Crippen molar-refractivity contribution in [3.8, 4) is 5.88 Å². The molecule has 0 aliphatic rings. The lowest BCUT2D eigenvalue weighted by Gasteiger charge is -2.10. The molecule has 0 saturated heterocycles. The summed E-state index contributed by atoms with van der Waals surface area (Å²) in [6.07, 6.45) is -2.15. The van der Waals surface area contributed by atoms with E-state index in [4.69, 9.17) is 4.74 Å². The third kappa shape index (κ3) is 2.00. The first-order valence-electron chi connectivity index (χ1n) is 3.67. The Balaban J connectivity index is 3.35. The van der Waals surface area contributed by atoms with Gasteiger partial charge in [-0.25, -0.2) is 18.2 Å². The Hall–Kier alpha value is -0.780. The molecule has 0 radical (unpaired) electrons. The van der Waals surface area contributed by atoms with Crippen molar-refractivity contribution < 1.29 is 17.9 Å². The Kier molecular flexibility index (Phi) is 3.74. The van der Waals surface area contributed by atoms with Crippen LogP contribution in [0.3, 0.4) is 0 Å². The van der Waals surface area contributed by atoms with Gasteiger partial charge in [-0.1, -0.05) is 15.9 Å². The van der Waals surface area contributed by atoms with Crippen molar-refractivity contribution in [2.24, 2.45) is 0 Å². The molecule has 0 aromatic carbocycles. The van der Waals surface area contributed by atoms with E-state index in [-0.39, 0.29) is 16.8 Å². The van der Waals surface area contributed by atoms with E-state index in [1.807, 2.05) is 0 Å². The van der Waals surface area contributed by atoms with E-state index in [9.17, 15) is 13.2 Å². The van der Waals surface area contributed by atoms with Crippen LogP contribution in [-0.4, -0.2) is 12.1 Å². The van der Waals surface area contributed by atoms with Gasteiger partial charge in [-0.15, -0.1) is 0 Å². The van der Waals surface area contributed by atoms with Crippen LogP contribution in [0.4, 0.5) is 13.2 Å². The highest BCUT2D eigenvalue weighted by Crippen LogP contribution is 2.31. The molecule has 0 atom stereocenters. The van der Waals surface area contributed by atoms with Gasteiger partial charge in [0, 0.05) is 10.9 Å². The standard InChI is InChI=1S/C8H7BrF3NO/c1-14-8-4(2-9)6(7(11)12)5(10)3-13-8/h3,7H,2H2,1H3. The number of halogens is 4. The van der Waals surface area contributed by atoms with Crippen LogP contribution in [0, 0.1) is 5.82 Å². The van der Waals surface area contributed by atoms with Crippen LogP contribution in [0.25, 0.3) is 0 Å². The van der Waals surface area contributed by atoms with E-state index in [1.54, 1.807) is 0 Å². The molecule has 0 fully saturated rings. The first-order valence-corrected chi connectivity index (χ1v) is 4.79. The number of pyridine rings is 1. The number of methoxy groups -OCH3 is 1. The van der Waals surface area contributed by atoms with E-state index >= 15 is 0 Å². The van der Waals surface area contributed by atoms with Gasteiger partial charge in [-0.2, -0.15) is 0 Å². The highest BCUT2D eigenvalue weighted by molar-refractivity contribution is 9.08. The van der Waals surface area contributed by atoms with Crippen LogP contribution in [-0.2, 0) is 5.33 Å². The van der Waals surface area contributed by atoms with Crippen LogP contribution in [0.15, 0.2) is 6.20 Å². The van der Waals surface area contributed by atoms with Gasteiger partial charge in [0.1, 0.15) is 0 Å². The van der Waals surface area contributed by atoms with E-state index in [0.717, 1.165) is 6.20 Å². The fourth-order valence-electron chi connectivity index (χ4n) is 1.06. The zero-order chi connectivity index (χ0) is 10.7. The van der Waals surface area contributed by atoms with Crippen LogP contribution in [0.5, 0.6) is 5.88 Å². The molecule has 0 saturated carbocycles. The van der Waals surface area contributed by atoms with Gasteiger partial charge in [0.2, 0.25) is 5.88 Å². The Bertz CT molecular complexity index is 333.